The summed E-state index contributed by atoms with van der Waals surface area (Å²) in [5.41, 5.74) is -2.78. The number of hydrogen-bond donors (Lipinski definition) is 2. The molecule has 0 saturated carbocycles. The van der Waals surface area contributed by atoms with E-state index in [1.54, 1.807) is 5.38 Å². The van der Waals surface area contributed by atoms with E-state index < -0.39 is 17.7 Å². The van der Waals surface area contributed by atoms with Gasteiger partial charge in [0, 0.05) is 17.3 Å². The van der Waals surface area contributed by atoms with Gasteiger partial charge in [-0.05, 0) is 6.92 Å². The molecule has 1 heterocycles. The molecule has 0 aliphatic carbocycles. The number of aromatic nitrogens is 1. The predicted molar refractivity (Wildman–Crippen MR) is 69.7 cm³/mol. The smallest absolute Gasteiger partial charge is 0.417 e. The lowest BCUT2D eigenvalue weighted by Gasteiger charge is -2.28. The molecule has 1 aromatic rings. The normalized spacial score (nSPS) is 15.9. The zero-order chi connectivity index (χ0) is 15.8. The van der Waals surface area contributed by atoms with Crippen molar-refractivity contribution in [3.8, 4) is 0 Å². The summed E-state index contributed by atoms with van der Waals surface area (Å²) in [7, 11) is 0. The SMILES string of the molecule is CC(C)(C)c1nc(CNC(C)(C(=O)O)C(F)(F)F)cs1. The molecule has 20 heavy (non-hydrogen) atoms. The summed E-state index contributed by atoms with van der Waals surface area (Å²) in [6.45, 7) is 6.18. The minimum atomic E-state index is -4.89. The van der Waals surface area contributed by atoms with Gasteiger partial charge in [-0.15, -0.1) is 11.3 Å². The number of alkyl halides is 3. The highest BCUT2D eigenvalue weighted by molar-refractivity contribution is 7.09. The first-order valence-corrected chi connectivity index (χ1v) is 6.76. The standard InChI is InChI=1S/C12H17F3N2O2S/c1-10(2,3)8-17-7(6-20-8)5-16-11(4,9(18)19)12(13,14)15/h6,16H,5H2,1-4H3,(H,18,19). The molecule has 0 fully saturated rings. The van der Waals surface area contributed by atoms with Crippen molar-refractivity contribution in [1.82, 2.24) is 10.3 Å². The number of carboxylic acid groups (broad SMARTS) is 1. The minimum Gasteiger partial charge on any atom is -0.480 e. The zero-order valence-corrected chi connectivity index (χ0v) is 12.4. The molecule has 0 spiro atoms. The molecule has 8 heteroatoms. The fourth-order valence-electron chi connectivity index (χ4n) is 1.30. The first-order valence-electron chi connectivity index (χ1n) is 5.88. The van der Waals surface area contributed by atoms with E-state index in [1.165, 1.54) is 11.3 Å². The van der Waals surface area contributed by atoms with Crippen LogP contribution < -0.4 is 5.32 Å². The van der Waals surface area contributed by atoms with Crippen LogP contribution in [0.5, 0.6) is 0 Å². The summed E-state index contributed by atoms with van der Waals surface area (Å²) in [6.07, 6.45) is -4.89. The Morgan fingerprint density at radius 1 is 1.35 bits per heavy atom. The van der Waals surface area contributed by atoms with Crippen molar-refractivity contribution < 1.29 is 23.1 Å². The average Bonchev–Trinajstić information content (AvgIpc) is 2.71. The van der Waals surface area contributed by atoms with Gasteiger partial charge < -0.3 is 5.11 Å². The van der Waals surface area contributed by atoms with E-state index in [2.05, 4.69) is 4.98 Å². The second-order valence-corrected chi connectivity index (χ2v) is 6.53. The molecule has 0 aromatic carbocycles. The molecular formula is C12H17F3N2O2S. The van der Waals surface area contributed by atoms with Crippen LogP contribution in [-0.4, -0.2) is 27.8 Å². The lowest BCUT2D eigenvalue weighted by atomic mass is 9.98. The molecule has 0 saturated heterocycles. The van der Waals surface area contributed by atoms with Crippen molar-refractivity contribution in [3.63, 3.8) is 0 Å². The Bertz CT molecular complexity index is 494. The van der Waals surface area contributed by atoms with E-state index >= 15 is 0 Å². The molecule has 0 aliphatic rings. The maximum absolute atomic E-state index is 12.8. The third kappa shape index (κ3) is 3.49. The molecule has 2 N–H and O–H groups in total. The number of thiazole rings is 1. The van der Waals surface area contributed by atoms with Crippen molar-refractivity contribution >= 4 is 17.3 Å². The quantitative estimate of drug-likeness (QED) is 0.897. The maximum atomic E-state index is 12.8. The van der Waals surface area contributed by atoms with Crippen LogP contribution >= 0.6 is 11.3 Å². The van der Waals surface area contributed by atoms with Gasteiger partial charge in [-0.3, -0.25) is 5.32 Å². The van der Waals surface area contributed by atoms with Crippen LogP contribution in [0.15, 0.2) is 5.38 Å². The van der Waals surface area contributed by atoms with Crippen molar-refractivity contribution in [2.75, 3.05) is 0 Å². The number of halogens is 3. The van der Waals surface area contributed by atoms with E-state index in [0.29, 0.717) is 12.6 Å². The maximum Gasteiger partial charge on any atom is 0.417 e. The van der Waals surface area contributed by atoms with Crippen LogP contribution in [0.1, 0.15) is 38.4 Å². The minimum absolute atomic E-state index is 0.191. The highest BCUT2D eigenvalue weighted by atomic mass is 32.1. The fourth-order valence-corrected chi connectivity index (χ4v) is 2.20. The van der Waals surface area contributed by atoms with Gasteiger partial charge in [0.25, 0.3) is 0 Å². The van der Waals surface area contributed by atoms with Gasteiger partial charge >= 0.3 is 12.1 Å². The highest BCUT2D eigenvalue weighted by Gasteiger charge is 2.57. The lowest BCUT2D eigenvalue weighted by molar-refractivity contribution is -0.206. The molecule has 0 radical (unpaired) electrons. The first-order chi connectivity index (χ1) is 8.88. The van der Waals surface area contributed by atoms with Crippen molar-refractivity contribution in [2.24, 2.45) is 0 Å². The number of carbonyl (C=O) groups is 1. The zero-order valence-electron chi connectivity index (χ0n) is 11.6. The Hall–Kier alpha value is -1.15. The largest absolute Gasteiger partial charge is 0.480 e. The molecule has 0 amide bonds. The third-order valence-corrected chi connectivity index (χ3v) is 4.13. The van der Waals surface area contributed by atoms with Crippen LogP contribution in [0.3, 0.4) is 0 Å². The van der Waals surface area contributed by atoms with Gasteiger partial charge in [0.2, 0.25) is 5.54 Å². The van der Waals surface area contributed by atoms with Crippen molar-refractivity contribution in [1.29, 1.82) is 0 Å². The second kappa shape index (κ2) is 5.33. The van der Waals surface area contributed by atoms with Gasteiger partial charge in [0.1, 0.15) is 0 Å². The Morgan fingerprint density at radius 3 is 2.25 bits per heavy atom. The van der Waals surface area contributed by atoms with Crippen LogP contribution in [0, 0.1) is 0 Å². The molecule has 0 aliphatic heterocycles. The Morgan fingerprint density at radius 2 is 1.90 bits per heavy atom. The summed E-state index contributed by atoms with van der Waals surface area (Å²) in [4.78, 5) is 15.1. The summed E-state index contributed by atoms with van der Waals surface area (Å²) >= 11 is 1.34. The molecule has 1 aromatic heterocycles. The van der Waals surface area contributed by atoms with Gasteiger partial charge in [0.05, 0.1) is 10.7 Å². The van der Waals surface area contributed by atoms with Gasteiger partial charge in [-0.1, -0.05) is 20.8 Å². The van der Waals surface area contributed by atoms with E-state index in [9.17, 15) is 18.0 Å². The summed E-state index contributed by atoms with van der Waals surface area (Å²) in [5, 5.41) is 13.2. The number of aliphatic carboxylic acids is 1. The van der Waals surface area contributed by atoms with E-state index in [0.717, 1.165) is 5.01 Å². The topological polar surface area (TPSA) is 62.2 Å². The molecule has 1 unspecified atom stereocenters. The van der Waals surface area contributed by atoms with Crippen LogP contribution in [0.4, 0.5) is 13.2 Å². The van der Waals surface area contributed by atoms with Gasteiger partial charge in [-0.2, -0.15) is 13.2 Å². The number of nitrogens with zero attached hydrogens (tertiary/aromatic N) is 1. The Balaban J connectivity index is 2.85. The Kier molecular flexibility index (Phi) is 4.50. The lowest BCUT2D eigenvalue weighted by Crippen LogP contribution is -2.59. The van der Waals surface area contributed by atoms with Gasteiger partial charge in [0.15, 0.2) is 0 Å². The fraction of sp³-hybridized carbons (Fsp3) is 0.667. The monoisotopic (exact) mass is 310 g/mol. The number of hydrogen-bond acceptors (Lipinski definition) is 4. The molecule has 1 atom stereocenters. The van der Waals surface area contributed by atoms with Crippen molar-refractivity contribution in [2.45, 2.75) is 51.4 Å². The predicted octanol–water partition coefficient (Wildman–Crippen LogP) is 2.94. The third-order valence-electron chi connectivity index (χ3n) is 2.81. The summed E-state index contributed by atoms with van der Waals surface area (Å²) in [5.74, 6) is -1.96. The molecule has 1 rings (SSSR count). The molecular weight excluding hydrogens is 293 g/mol. The van der Waals surface area contributed by atoms with E-state index in [-0.39, 0.29) is 12.0 Å². The molecule has 4 nitrogen and oxygen atoms in total. The van der Waals surface area contributed by atoms with Gasteiger partial charge in [-0.25, -0.2) is 9.78 Å². The van der Waals surface area contributed by atoms with Crippen LogP contribution in [0.25, 0.3) is 0 Å². The van der Waals surface area contributed by atoms with Crippen molar-refractivity contribution in [3.05, 3.63) is 16.1 Å². The highest BCUT2D eigenvalue weighted by Crippen LogP contribution is 2.31. The number of carboxylic acids is 1. The summed E-state index contributed by atoms with van der Waals surface area (Å²) < 4.78 is 38.4. The first kappa shape index (κ1) is 16.9. The molecule has 114 valence electrons. The van der Waals surface area contributed by atoms with Crippen LogP contribution in [0.2, 0.25) is 0 Å². The van der Waals surface area contributed by atoms with E-state index in [1.807, 2.05) is 26.1 Å². The second-order valence-electron chi connectivity index (χ2n) is 5.68. The Labute approximate surface area is 119 Å². The number of nitrogens with one attached hydrogen (secondary N) is 1. The molecule has 0 bridgehead atoms. The number of rotatable bonds is 4. The average molecular weight is 310 g/mol. The van der Waals surface area contributed by atoms with Crippen LogP contribution in [-0.2, 0) is 16.8 Å². The van der Waals surface area contributed by atoms with E-state index in [4.69, 9.17) is 5.11 Å². The summed E-state index contributed by atoms with van der Waals surface area (Å²) in [6, 6.07) is 0.